The summed E-state index contributed by atoms with van der Waals surface area (Å²) in [6, 6.07) is 17.1. The van der Waals surface area contributed by atoms with Crippen LogP contribution in [0.15, 0.2) is 69.9 Å². The molecule has 0 saturated carbocycles. The van der Waals surface area contributed by atoms with Crippen LogP contribution < -0.4 is 10.2 Å². The van der Waals surface area contributed by atoms with Crippen molar-refractivity contribution in [3.63, 3.8) is 0 Å². The third kappa shape index (κ3) is 3.44. The fraction of sp³-hybridized carbons (Fsp3) is 0.185. The van der Waals surface area contributed by atoms with E-state index >= 15 is 0 Å². The number of hydrogen-bond donors (Lipinski definition) is 1. The van der Waals surface area contributed by atoms with Crippen molar-refractivity contribution in [2.45, 2.75) is 26.4 Å². The van der Waals surface area contributed by atoms with Crippen LogP contribution in [0.2, 0.25) is 0 Å². The minimum atomic E-state index is -0.678. The highest BCUT2D eigenvalue weighted by molar-refractivity contribution is 5.99. The Kier molecular flexibility index (Phi) is 4.93. The first-order valence-corrected chi connectivity index (χ1v) is 10.7. The molecule has 3 aromatic carbocycles. The molecular weight excluding hydrogens is 418 g/mol. The van der Waals surface area contributed by atoms with Gasteiger partial charge in [-0.25, -0.2) is 0 Å². The molecular formula is C27H23NO5. The molecule has 1 N–H and O–H groups in total. The van der Waals surface area contributed by atoms with Gasteiger partial charge in [0.1, 0.15) is 17.1 Å². The third-order valence-electron chi connectivity index (χ3n) is 6.10. The lowest BCUT2D eigenvalue weighted by atomic mass is 9.97. The van der Waals surface area contributed by atoms with Crippen LogP contribution >= 0.6 is 0 Å². The van der Waals surface area contributed by atoms with Crippen LogP contribution in [0.4, 0.5) is 0 Å². The van der Waals surface area contributed by atoms with Gasteiger partial charge in [0.2, 0.25) is 5.76 Å². The van der Waals surface area contributed by atoms with Crippen molar-refractivity contribution in [1.29, 1.82) is 0 Å². The maximum Gasteiger partial charge on any atom is 0.291 e. The Bertz CT molecular complexity index is 1450. The van der Waals surface area contributed by atoms with E-state index in [0.717, 1.165) is 16.7 Å². The Morgan fingerprint density at radius 2 is 1.79 bits per heavy atom. The van der Waals surface area contributed by atoms with E-state index in [1.807, 2.05) is 44.2 Å². The molecule has 1 aliphatic heterocycles. The summed E-state index contributed by atoms with van der Waals surface area (Å²) < 4.78 is 11.3. The topological polar surface area (TPSA) is 80.0 Å². The molecule has 0 unspecified atom stereocenters. The summed E-state index contributed by atoms with van der Waals surface area (Å²) >= 11 is 0. The third-order valence-corrected chi connectivity index (χ3v) is 6.10. The first-order valence-electron chi connectivity index (χ1n) is 10.7. The number of ether oxygens (including phenoxy) is 1. The van der Waals surface area contributed by atoms with Gasteiger partial charge in [-0.1, -0.05) is 30.3 Å². The van der Waals surface area contributed by atoms with Gasteiger partial charge in [-0.2, -0.15) is 0 Å². The Balaban J connectivity index is 1.72. The summed E-state index contributed by atoms with van der Waals surface area (Å²) in [5, 5.41) is 10.6. The number of amides is 1. The van der Waals surface area contributed by atoms with Crippen molar-refractivity contribution in [1.82, 2.24) is 4.90 Å². The van der Waals surface area contributed by atoms with Gasteiger partial charge in [0, 0.05) is 6.54 Å². The van der Waals surface area contributed by atoms with Crippen LogP contribution in [0.3, 0.4) is 0 Å². The van der Waals surface area contributed by atoms with E-state index < -0.39 is 6.04 Å². The number of phenolic OH excluding ortho intramolecular Hbond substituents is 1. The molecule has 6 heteroatoms. The zero-order chi connectivity index (χ0) is 23.3. The predicted octanol–water partition coefficient (Wildman–Crippen LogP) is 4.87. The molecule has 1 aromatic heterocycles. The largest absolute Gasteiger partial charge is 0.508 e. The number of benzene rings is 3. The lowest BCUT2D eigenvalue weighted by Gasteiger charge is -2.25. The van der Waals surface area contributed by atoms with Gasteiger partial charge < -0.3 is 19.2 Å². The number of fused-ring (bicyclic) bond motifs is 2. The normalized spacial score (nSPS) is 15.2. The molecule has 1 aliphatic rings. The average Bonchev–Trinajstić information content (AvgIpc) is 3.07. The second kappa shape index (κ2) is 7.81. The quantitative estimate of drug-likeness (QED) is 0.489. The summed E-state index contributed by atoms with van der Waals surface area (Å²) in [5.74, 6) is 0.484. The van der Waals surface area contributed by atoms with E-state index in [9.17, 15) is 14.7 Å². The first kappa shape index (κ1) is 20.8. The molecule has 0 saturated heterocycles. The lowest BCUT2D eigenvalue weighted by Crippen LogP contribution is -2.29. The molecule has 0 radical (unpaired) electrons. The minimum absolute atomic E-state index is 0.0568. The molecule has 33 heavy (non-hydrogen) atoms. The molecule has 166 valence electrons. The number of rotatable bonds is 4. The van der Waals surface area contributed by atoms with Gasteiger partial charge in [-0.15, -0.1) is 0 Å². The summed E-state index contributed by atoms with van der Waals surface area (Å²) in [5.41, 5.74) is 3.78. The summed E-state index contributed by atoms with van der Waals surface area (Å²) in [6.07, 6.45) is 0. The van der Waals surface area contributed by atoms with Crippen molar-refractivity contribution in [3.8, 4) is 11.5 Å². The highest BCUT2D eigenvalue weighted by Crippen LogP contribution is 2.40. The summed E-state index contributed by atoms with van der Waals surface area (Å²) in [6.45, 7) is 4.06. The van der Waals surface area contributed by atoms with Crippen LogP contribution in [0.1, 0.15) is 44.4 Å². The second-order valence-corrected chi connectivity index (χ2v) is 8.41. The Hall–Kier alpha value is -4.06. The van der Waals surface area contributed by atoms with E-state index in [-0.39, 0.29) is 29.4 Å². The van der Waals surface area contributed by atoms with E-state index in [0.29, 0.717) is 27.8 Å². The fourth-order valence-electron chi connectivity index (χ4n) is 4.61. The van der Waals surface area contributed by atoms with Gasteiger partial charge in [0.25, 0.3) is 5.91 Å². The van der Waals surface area contributed by atoms with Gasteiger partial charge >= 0.3 is 0 Å². The molecule has 6 nitrogen and oxygen atoms in total. The maximum absolute atomic E-state index is 13.7. The first-order chi connectivity index (χ1) is 15.9. The molecule has 1 atom stereocenters. The number of methoxy groups -OCH3 is 1. The number of hydrogen-bond acceptors (Lipinski definition) is 5. The Morgan fingerprint density at radius 1 is 1.03 bits per heavy atom. The van der Waals surface area contributed by atoms with Crippen LogP contribution in [0.5, 0.6) is 11.5 Å². The van der Waals surface area contributed by atoms with Gasteiger partial charge in [-0.3, -0.25) is 9.59 Å². The summed E-state index contributed by atoms with van der Waals surface area (Å²) in [7, 11) is 1.60. The predicted molar refractivity (Wildman–Crippen MR) is 125 cm³/mol. The van der Waals surface area contributed by atoms with Crippen molar-refractivity contribution in [2.75, 3.05) is 7.11 Å². The number of aryl methyl sites for hydroxylation is 2. The molecule has 0 bridgehead atoms. The Morgan fingerprint density at radius 3 is 2.48 bits per heavy atom. The van der Waals surface area contributed by atoms with Crippen molar-refractivity contribution in [3.05, 3.63) is 104 Å². The van der Waals surface area contributed by atoms with E-state index in [4.69, 9.17) is 9.15 Å². The van der Waals surface area contributed by atoms with E-state index in [2.05, 4.69) is 0 Å². The fourth-order valence-corrected chi connectivity index (χ4v) is 4.61. The molecule has 0 spiro atoms. The lowest BCUT2D eigenvalue weighted by molar-refractivity contribution is 0.0714. The molecule has 4 aromatic rings. The highest BCUT2D eigenvalue weighted by Gasteiger charge is 2.43. The molecule has 0 aliphatic carbocycles. The average molecular weight is 441 g/mol. The monoisotopic (exact) mass is 441 g/mol. The van der Waals surface area contributed by atoms with Crippen molar-refractivity contribution in [2.24, 2.45) is 0 Å². The van der Waals surface area contributed by atoms with Crippen LogP contribution in [0, 0.1) is 13.8 Å². The number of nitrogens with zero attached hydrogens (tertiary/aromatic N) is 1. The zero-order valence-electron chi connectivity index (χ0n) is 18.6. The van der Waals surface area contributed by atoms with Gasteiger partial charge in [0.15, 0.2) is 5.43 Å². The Labute approximate surface area is 190 Å². The number of carbonyl (C=O) groups excluding carboxylic acids is 1. The van der Waals surface area contributed by atoms with Crippen LogP contribution in [-0.4, -0.2) is 23.0 Å². The van der Waals surface area contributed by atoms with Gasteiger partial charge in [-0.05, 0) is 66.4 Å². The highest BCUT2D eigenvalue weighted by atomic mass is 16.5. The maximum atomic E-state index is 13.7. The number of aromatic hydroxyl groups is 1. The zero-order valence-corrected chi connectivity index (χ0v) is 18.6. The van der Waals surface area contributed by atoms with Crippen LogP contribution in [-0.2, 0) is 6.54 Å². The molecule has 1 amide bonds. The van der Waals surface area contributed by atoms with Crippen LogP contribution in [0.25, 0.3) is 11.0 Å². The molecule has 5 rings (SSSR count). The molecule has 2 heterocycles. The van der Waals surface area contributed by atoms with Crippen molar-refractivity contribution >= 4 is 16.9 Å². The van der Waals surface area contributed by atoms with E-state index in [1.165, 1.54) is 0 Å². The number of carbonyl (C=O) groups is 1. The second-order valence-electron chi connectivity index (χ2n) is 8.41. The number of phenols is 1. The minimum Gasteiger partial charge on any atom is -0.508 e. The standard InChI is InChI=1S/C27H23NO5/c1-15-11-16(2)25-21(12-15)24(30)22-23(18-5-4-6-19(29)13-18)28(27(31)26(22)33-25)14-17-7-9-20(32-3)10-8-17/h4-13,23,29H,14H2,1-3H3/t23-/m1/s1. The molecule has 0 fully saturated rings. The smallest absolute Gasteiger partial charge is 0.291 e. The van der Waals surface area contributed by atoms with Gasteiger partial charge in [0.05, 0.1) is 24.1 Å². The van der Waals surface area contributed by atoms with Crippen molar-refractivity contribution < 1.29 is 19.1 Å². The summed E-state index contributed by atoms with van der Waals surface area (Å²) in [4.78, 5) is 28.9. The van der Waals surface area contributed by atoms with E-state index in [1.54, 1.807) is 42.3 Å². The SMILES string of the molecule is COc1ccc(CN2C(=O)c3oc4c(C)cc(C)cc4c(=O)c3[C@H]2c2cccc(O)c2)cc1.